The summed E-state index contributed by atoms with van der Waals surface area (Å²) in [6.45, 7) is 0.531. The maximum atomic E-state index is 13.0. The lowest BCUT2D eigenvalue weighted by Gasteiger charge is -2.33. The third kappa shape index (κ3) is 3.86. The molecule has 0 aliphatic heterocycles. The predicted molar refractivity (Wildman–Crippen MR) is 108 cm³/mol. The Bertz CT molecular complexity index is 1100. The minimum Gasteiger partial charge on any atom is -0.403 e. The van der Waals surface area contributed by atoms with E-state index in [0.717, 1.165) is 18.4 Å². The lowest BCUT2D eigenvalue weighted by Crippen LogP contribution is -2.37. The molecule has 0 spiro atoms. The molecule has 3 aromatic rings. The van der Waals surface area contributed by atoms with Crippen LogP contribution in [0.5, 0.6) is 5.75 Å². The van der Waals surface area contributed by atoms with E-state index in [2.05, 4.69) is 9.84 Å². The Morgan fingerprint density at radius 2 is 1.78 bits per heavy atom. The number of para-hydroxylation sites is 2. The van der Waals surface area contributed by atoms with Gasteiger partial charge in [-0.3, -0.25) is 0 Å². The zero-order valence-electron chi connectivity index (χ0n) is 17.4. The second kappa shape index (κ2) is 7.90. The Kier molecular flexibility index (Phi) is 5.17. The fourth-order valence-corrected chi connectivity index (χ4v) is 4.58. The van der Waals surface area contributed by atoms with Crippen LogP contribution in [0.15, 0.2) is 54.6 Å². The monoisotopic (exact) mass is 445 g/mol. The van der Waals surface area contributed by atoms with Gasteiger partial charge in [-0.2, -0.15) is 0 Å². The molecule has 2 aliphatic carbocycles. The topological polar surface area (TPSA) is 58.4 Å². The SMILES string of the molecule is CO[C@@H]1C[C@]2(c3nc(COCc4ccccc4)nn3-c3ccccc3OC(F)(F)F)C[C@H]12. The maximum absolute atomic E-state index is 13.0. The zero-order valence-corrected chi connectivity index (χ0v) is 17.4. The van der Waals surface area contributed by atoms with E-state index < -0.39 is 6.36 Å². The number of rotatable bonds is 8. The number of ether oxygens (including phenoxy) is 3. The lowest BCUT2D eigenvalue weighted by molar-refractivity contribution is -0.274. The van der Waals surface area contributed by atoms with Gasteiger partial charge in [0.05, 0.1) is 12.7 Å². The third-order valence-electron chi connectivity index (χ3n) is 6.21. The van der Waals surface area contributed by atoms with Gasteiger partial charge in [-0.15, -0.1) is 18.3 Å². The van der Waals surface area contributed by atoms with Crippen LogP contribution in [0.4, 0.5) is 13.2 Å². The molecule has 0 unspecified atom stereocenters. The highest BCUT2D eigenvalue weighted by Gasteiger charge is 2.71. The molecule has 0 bridgehead atoms. The summed E-state index contributed by atoms with van der Waals surface area (Å²) in [6, 6.07) is 15.7. The van der Waals surface area contributed by atoms with Gasteiger partial charge in [0.15, 0.2) is 11.6 Å². The van der Waals surface area contributed by atoms with Crippen LogP contribution < -0.4 is 4.74 Å². The van der Waals surface area contributed by atoms with Crippen molar-refractivity contribution in [3.8, 4) is 11.4 Å². The van der Waals surface area contributed by atoms with Gasteiger partial charge >= 0.3 is 6.36 Å². The molecular formula is C23H22F3N3O3. The molecule has 0 amide bonds. The maximum Gasteiger partial charge on any atom is 0.573 e. The summed E-state index contributed by atoms with van der Waals surface area (Å²) in [4.78, 5) is 4.69. The van der Waals surface area contributed by atoms with Crippen LogP contribution in [-0.2, 0) is 28.1 Å². The Labute approximate surface area is 182 Å². The predicted octanol–water partition coefficient (Wildman–Crippen LogP) is 4.56. The van der Waals surface area contributed by atoms with Crippen molar-refractivity contribution in [1.29, 1.82) is 0 Å². The van der Waals surface area contributed by atoms with Gasteiger partial charge in [0.1, 0.15) is 18.1 Å². The molecule has 6 nitrogen and oxygen atoms in total. The standard InChI is InChI=1S/C23H22F3N3O3/c1-30-19-12-22(11-16(19)22)21-27-20(14-31-13-15-7-3-2-4-8-15)28-29(21)17-9-5-6-10-18(17)32-23(24,25)26/h2-10,16,19H,11-14H2,1H3/t16-,19-,22-/m1/s1. The molecule has 0 N–H and O–H groups in total. The fraction of sp³-hybridized carbons (Fsp3) is 0.391. The van der Waals surface area contributed by atoms with Crippen molar-refractivity contribution in [1.82, 2.24) is 14.8 Å². The summed E-state index contributed by atoms with van der Waals surface area (Å²) < 4.78 is 55.9. The van der Waals surface area contributed by atoms with E-state index >= 15 is 0 Å². The highest BCUT2D eigenvalue weighted by Crippen LogP contribution is 2.68. The second-order valence-corrected chi connectivity index (χ2v) is 8.20. The molecule has 2 aromatic carbocycles. The molecular weight excluding hydrogens is 423 g/mol. The quantitative estimate of drug-likeness (QED) is 0.509. The van der Waals surface area contributed by atoms with Crippen LogP contribution in [0, 0.1) is 5.92 Å². The number of hydrogen-bond donors (Lipinski definition) is 0. The van der Waals surface area contributed by atoms with Gasteiger partial charge in [-0.25, -0.2) is 9.67 Å². The number of fused-ring (bicyclic) bond motifs is 1. The molecule has 5 rings (SSSR count). The number of hydrogen-bond acceptors (Lipinski definition) is 5. The molecule has 0 saturated heterocycles. The van der Waals surface area contributed by atoms with Crippen LogP contribution in [0.1, 0.15) is 30.1 Å². The summed E-state index contributed by atoms with van der Waals surface area (Å²) in [5.74, 6) is 1.02. The fourth-order valence-electron chi connectivity index (χ4n) is 4.58. The first-order valence-electron chi connectivity index (χ1n) is 10.4. The summed E-state index contributed by atoms with van der Waals surface area (Å²) in [6.07, 6.45) is -3.04. The molecule has 2 fully saturated rings. The van der Waals surface area contributed by atoms with Gasteiger partial charge in [-0.05, 0) is 36.5 Å². The van der Waals surface area contributed by atoms with Crippen molar-refractivity contribution in [2.75, 3.05) is 7.11 Å². The van der Waals surface area contributed by atoms with Crippen molar-refractivity contribution >= 4 is 0 Å². The average molecular weight is 445 g/mol. The Hall–Kier alpha value is -2.91. The normalized spacial score (nSPS) is 24.0. The first-order valence-corrected chi connectivity index (χ1v) is 10.4. The highest BCUT2D eigenvalue weighted by atomic mass is 19.4. The van der Waals surface area contributed by atoms with Crippen LogP contribution in [0.3, 0.4) is 0 Å². The van der Waals surface area contributed by atoms with Gasteiger partial charge in [0, 0.05) is 12.5 Å². The second-order valence-electron chi connectivity index (χ2n) is 8.20. The minimum atomic E-state index is -4.81. The van der Waals surface area contributed by atoms with Gasteiger partial charge in [-0.1, -0.05) is 42.5 Å². The molecule has 2 saturated carbocycles. The number of aromatic nitrogens is 3. The van der Waals surface area contributed by atoms with Gasteiger partial charge < -0.3 is 14.2 Å². The zero-order chi connectivity index (χ0) is 22.3. The van der Waals surface area contributed by atoms with Crippen LogP contribution in [0.25, 0.3) is 5.69 Å². The van der Waals surface area contributed by atoms with Crippen LogP contribution in [-0.4, -0.2) is 34.3 Å². The molecule has 9 heteroatoms. The number of halogens is 3. The lowest BCUT2D eigenvalue weighted by atomic mass is 9.81. The van der Waals surface area contributed by atoms with E-state index in [1.54, 1.807) is 19.2 Å². The van der Waals surface area contributed by atoms with Crippen molar-refractivity contribution in [2.45, 2.75) is 43.9 Å². The molecule has 168 valence electrons. The Morgan fingerprint density at radius 3 is 2.50 bits per heavy atom. The summed E-state index contributed by atoms with van der Waals surface area (Å²) >= 11 is 0. The number of nitrogens with zero attached hydrogens (tertiary/aromatic N) is 3. The molecule has 0 radical (unpaired) electrons. The van der Waals surface area contributed by atoms with Crippen molar-refractivity contribution < 1.29 is 27.4 Å². The molecule has 3 atom stereocenters. The van der Waals surface area contributed by atoms with Gasteiger partial charge in [0.2, 0.25) is 0 Å². The van der Waals surface area contributed by atoms with E-state index in [4.69, 9.17) is 14.5 Å². The van der Waals surface area contributed by atoms with E-state index in [1.165, 1.54) is 16.8 Å². The molecule has 1 heterocycles. The largest absolute Gasteiger partial charge is 0.573 e. The number of alkyl halides is 3. The Balaban J connectivity index is 1.44. The van der Waals surface area contributed by atoms with Crippen molar-refractivity contribution in [2.24, 2.45) is 5.92 Å². The van der Waals surface area contributed by atoms with Crippen LogP contribution >= 0.6 is 0 Å². The molecule has 1 aromatic heterocycles. The van der Waals surface area contributed by atoms with Crippen LogP contribution in [0.2, 0.25) is 0 Å². The van der Waals surface area contributed by atoms with Crippen molar-refractivity contribution in [3.63, 3.8) is 0 Å². The van der Waals surface area contributed by atoms with E-state index in [-0.39, 0.29) is 29.6 Å². The number of methoxy groups -OCH3 is 1. The minimum absolute atomic E-state index is 0.139. The highest BCUT2D eigenvalue weighted by molar-refractivity contribution is 5.48. The summed E-state index contributed by atoms with van der Waals surface area (Å²) in [5, 5.41) is 4.52. The smallest absolute Gasteiger partial charge is 0.403 e. The molecule has 32 heavy (non-hydrogen) atoms. The van der Waals surface area contributed by atoms with E-state index in [1.807, 2.05) is 30.3 Å². The first kappa shape index (κ1) is 21.0. The van der Waals surface area contributed by atoms with E-state index in [9.17, 15) is 13.2 Å². The summed E-state index contributed by atoms with van der Waals surface area (Å²) in [5.41, 5.74) is 0.984. The third-order valence-corrected chi connectivity index (χ3v) is 6.21. The van der Waals surface area contributed by atoms with Crippen molar-refractivity contribution in [3.05, 3.63) is 71.8 Å². The van der Waals surface area contributed by atoms with Gasteiger partial charge in [0.25, 0.3) is 0 Å². The summed E-state index contributed by atoms with van der Waals surface area (Å²) in [7, 11) is 1.67. The Morgan fingerprint density at radius 1 is 1.03 bits per heavy atom. The number of benzene rings is 2. The van der Waals surface area contributed by atoms with E-state index in [0.29, 0.717) is 24.2 Å². The first-order chi connectivity index (χ1) is 15.4. The average Bonchev–Trinajstić information content (AvgIpc) is 3.13. The molecule has 2 aliphatic rings.